The van der Waals surface area contributed by atoms with Gasteiger partial charge in [0.1, 0.15) is 23.4 Å². The van der Waals surface area contributed by atoms with Crippen molar-refractivity contribution in [1.82, 2.24) is 14.9 Å². The number of anilines is 1. The lowest BCUT2D eigenvalue weighted by Crippen LogP contribution is -2.45. The minimum Gasteiger partial charge on any atom is -0.487 e. The molecule has 2 bridgehead atoms. The maximum Gasteiger partial charge on any atom is 0.573 e. The molecule has 0 spiro atoms. The number of carbonyl (C=O) groups excluding carboxylic acids is 1. The molecule has 2 atom stereocenters. The zero-order valence-electron chi connectivity index (χ0n) is 17.5. The number of aromatic amines is 1. The average Bonchev–Trinajstić information content (AvgIpc) is 3.42. The quantitative estimate of drug-likeness (QED) is 0.629. The van der Waals surface area contributed by atoms with Crippen molar-refractivity contribution in [2.24, 2.45) is 0 Å². The number of H-pyrrole nitrogens is 1. The Kier molecular flexibility index (Phi) is 5.45. The lowest BCUT2D eigenvalue weighted by atomic mass is 10.1. The van der Waals surface area contributed by atoms with Gasteiger partial charge in [0.05, 0.1) is 24.8 Å². The number of hydrogen-bond donors (Lipinski definition) is 1. The molecule has 2 aromatic carbocycles. The van der Waals surface area contributed by atoms with Crippen LogP contribution in [-0.4, -0.2) is 45.8 Å². The number of imidazole rings is 1. The van der Waals surface area contributed by atoms with Gasteiger partial charge < -0.3 is 19.4 Å². The topological polar surface area (TPSA) is 70.7 Å². The summed E-state index contributed by atoms with van der Waals surface area (Å²) in [7, 11) is 0. The summed E-state index contributed by atoms with van der Waals surface area (Å²) in [6.45, 7) is 1.25. The van der Waals surface area contributed by atoms with Crippen molar-refractivity contribution < 1.29 is 27.4 Å². The summed E-state index contributed by atoms with van der Waals surface area (Å²) >= 11 is 0. The third-order valence-corrected chi connectivity index (χ3v) is 5.77. The highest BCUT2D eigenvalue weighted by molar-refractivity contribution is 5.99. The molecule has 1 amide bonds. The first-order chi connectivity index (χ1) is 15.9. The number of amides is 1. The first-order valence-electron chi connectivity index (χ1n) is 10.5. The van der Waals surface area contributed by atoms with Gasteiger partial charge in [-0.2, -0.15) is 0 Å². The van der Waals surface area contributed by atoms with Crippen molar-refractivity contribution in [2.45, 2.75) is 38.0 Å². The van der Waals surface area contributed by atoms with Gasteiger partial charge in [-0.1, -0.05) is 24.3 Å². The maximum absolute atomic E-state index is 13.7. The van der Waals surface area contributed by atoms with Crippen molar-refractivity contribution in [2.75, 3.05) is 11.4 Å². The molecule has 0 aliphatic carbocycles. The van der Waals surface area contributed by atoms with E-state index in [1.807, 2.05) is 29.2 Å². The molecule has 1 saturated heterocycles. The van der Waals surface area contributed by atoms with E-state index in [0.29, 0.717) is 36.5 Å². The standard InChI is InChI=1S/C23H21F3N4O3/c24-23(25,26)33-16-7-5-15(6-8-16)12-30-18-3-1-2-4-20(18)32-17-11-19(22(30)31)29(13-17)14-21-27-9-10-28-21/h1-10,17,19H,11-14H2,(H,27,28)/t17-,19-/m0/s1. The number of carbonyl (C=O) groups is 1. The van der Waals surface area contributed by atoms with Crippen LogP contribution in [0.1, 0.15) is 17.8 Å². The predicted molar refractivity (Wildman–Crippen MR) is 113 cm³/mol. The molecule has 1 N–H and O–H groups in total. The van der Waals surface area contributed by atoms with Crippen LogP contribution in [0.25, 0.3) is 0 Å². The van der Waals surface area contributed by atoms with Gasteiger partial charge >= 0.3 is 6.36 Å². The summed E-state index contributed by atoms with van der Waals surface area (Å²) in [5.74, 6) is 0.968. The fraction of sp³-hybridized carbons (Fsp3) is 0.304. The Morgan fingerprint density at radius 3 is 2.64 bits per heavy atom. The van der Waals surface area contributed by atoms with E-state index in [0.717, 1.165) is 5.82 Å². The minimum atomic E-state index is -4.76. The number of halogens is 3. The van der Waals surface area contributed by atoms with Crippen LogP contribution in [-0.2, 0) is 17.9 Å². The lowest BCUT2D eigenvalue weighted by Gasteiger charge is -2.31. The monoisotopic (exact) mass is 458 g/mol. The van der Waals surface area contributed by atoms with E-state index in [4.69, 9.17) is 4.74 Å². The number of para-hydroxylation sites is 2. The van der Waals surface area contributed by atoms with Crippen molar-refractivity contribution in [3.63, 3.8) is 0 Å². The van der Waals surface area contributed by atoms with Crippen molar-refractivity contribution in [3.05, 3.63) is 72.3 Å². The molecule has 5 rings (SSSR count). The number of likely N-dealkylation sites (tertiary alicyclic amines) is 1. The van der Waals surface area contributed by atoms with Gasteiger partial charge in [-0.05, 0) is 29.8 Å². The van der Waals surface area contributed by atoms with Gasteiger partial charge in [0, 0.05) is 25.4 Å². The van der Waals surface area contributed by atoms with Crippen LogP contribution in [0.15, 0.2) is 60.9 Å². The largest absolute Gasteiger partial charge is 0.573 e. The smallest absolute Gasteiger partial charge is 0.487 e. The molecular weight excluding hydrogens is 437 g/mol. The second-order valence-electron chi connectivity index (χ2n) is 8.04. The fourth-order valence-electron chi connectivity index (χ4n) is 4.36. The second-order valence-corrected chi connectivity index (χ2v) is 8.04. The van der Waals surface area contributed by atoms with Gasteiger partial charge in [0.2, 0.25) is 5.91 Å². The van der Waals surface area contributed by atoms with E-state index in [1.165, 1.54) is 24.3 Å². The second kappa shape index (κ2) is 8.43. The van der Waals surface area contributed by atoms with Crippen molar-refractivity contribution >= 4 is 11.6 Å². The number of alkyl halides is 3. The van der Waals surface area contributed by atoms with Crippen LogP contribution in [0.3, 0.4) is 0 Å². The zero-order valence-corrected chi connectivity index (χ0v) is 17.5. The highest BCUT2D eigenvalue weighted by Gasteiger charge is 2.43. The molecule has 10 heteroatoms. The van der Waals surface area contributed by atoms with E-state index < -0.39 is 12.4 Å². The molecule has 0 saturated carbocycles. The Balaban J connectivity index is 1.43. The van der Waals surface area contributed by atoms with Crippen LogP contribution in [0.2, 0.25) is 0 Å². The van der Waals surface area contributed by atoms with Crippen molar-refractivity contribution in [1.29, 1.82) is 0 Å². The molecular formula is C23H21F3N4O3. The zero-order chi connectivity index (χ0) is 23.0. The number of benzene rings is 2. The third kappa shape index (κ3) is 4.65. The van der Waals surface area contributed by atoms with Gasteiger partial charge in [-0.3, -0.25) is 9.69 Å². The molecule has 3 heterocycles. The van der Waals surface area contributed by atoms with Gasteiger partial charge in [0.25, 0.3) is 0 Å². The SMILES string of the molecule is O=C1[C@@H]2C[C@@H](CN2Cc2ncc[nH]2)Oc2ccccc2N1Cc1ccc(OC(F)(F)F)cc1. The summed E-state index contributed by atoms with van der Waals surface area (Å²) in [4.78, 5) is 24.8. The number of ether oxygens (including phenoxy) is 2. The van der Waals surface area contributed by atoms with Crippen LogP contribution >= 0.6 is 0 Å². The Labute approximate surface area is 187 Å². The van der Waals surface area contributed by atoms with Gasteiger partial charge in [-0.15, -0.1) is 13.2 Å². The predicted octanol–water partition coefficient (Wildman–Crippen LogP) is 3.88. The molecule has 33 heavy (non-hydrogen) atoms. The molecule has 0 radical (unpaired) electrons. The minimum absolute atomic E-state index is 0.0876. The van der Waals surface area contributed by atoms with Crippen LogP contribution in [0.5, 0.6) is 11.5 Å². The Morgan fingerprint density at radius 1 is 1.12 bits per heavy atom. The first-order valence-corrected chi connectivity index (χ1v) is 10.5. The summed E-state index contributed by atoms with van der Waals surface area (Å²) in [5, 5.41) is 0. The van der Waals surface area contributed by atoms with Crippen LogP contribution in [0.4, 0.5) is 18.9 Å². The highest BCUT2D eigenvalue weighted by atomic mass is 19.4. The number of nitrogens with zero attached hydrogens (tertiary/aromatic N) is 3. The number of aromatic nitrogens is 2. The lowest BCUT2D eigenvalue weighted by molar-refractivity contribution is -0.274. The van der Waals surface area contributed by atoms with E-state index in [1.54, 1.807) is 17.3 Å². The summed E-state index contributed by atoms with van der Waals surface area (Å²) in [6.07, 6.45) is -0.933. The third-order valence-electron chi connectivity index (χ3n) is 5.77. The Hall–Kier alpha value is -3.53. The van der Waals surface area contributed by atoms with Gasteiger partial charge in [-0.25, -0.2) is 4.98 Å². The molecule has 3 aromatic rings. The number of rotatable bonds is 5. The molecule has 172 valence electrons. The van der Waals surface area contributed by atoms with Crippen LogP contribution in [0, 0.1) is 0 Å². The maximum atomic E-state index is 13.7. The van der Waals surface area contributed by atoms with E-state index in [-0.39, 0.29) is 24.3 Å². The molecule has 2 aliphatic heterocycles. The molecule has 1 aromatic heterocycles. The normalized spacial score (nSPS) is 20.7. The molecule has 0 unspecified atom stereocenters. The summed E-state index contributed by atoms with van der Waals surface area (Å²) in [6, 6.07) is 12.4. The number of nitrogens with one attached hydrogen (secondary N) is 1. The van der Waals surface area contributed by atoms with Crippen LogP contribution < -0.4 is 14.4 Å². The summed E-state index contributed by atoms with van der Waals surface area (Å²) in [5.41, 5.74) is 1.30. The average molecular weight is 458 g/mol. The number of fused-ring (bicyclic) bond motifs is 3. The Morgan fingerprint density at radius 2 is 1.91 bits per heavy atom. The van der Waals surface area contributed by atoms with E-state index in [9.17, 15) is 18.0 Å². The van der Waals surface area contributed by atoms with Crippen molar-refractivity contribution in [3.8, 4) is 11.5 Å². The fourth-order valence-corrected chi connectivity index (χ4v) is 4.36. The first kappa shape index (κ1) is 21.3. The van der Waals surface area contributed by atoms with E-state index in [2.05, 4.69) is 14.7 Å². The summed E-state index contributed by atoms with van der Waals surface area (Å²) < 4.78 is 47.6. The molecule has 2 aliphatic rings. The molecule has 7 nitrogen and oxygen atoms in total. The Bertz CT molecular complexity index is 1120. The highest BCUT2D eigenvalue weighted by Crippen LogP contribution is 2.37. The number of hydrogen-bond acceptors (Lipinski definition) is 5. The molecule has 1 fully saturated rings. The van der Waals surface area contributed by atoms with E-state index >= 15 is 0 Å². The van der Waals surface area contributed by atoms with Gasteiger partial charge in [0.15, 0.2) is 0 Å².